The highest BCUT2D eigenvalue weighted by atomic mass is 16.5. The second kappa shape index (κ2) is 4.72. The van der Waals surface area contributed by atoms with Crippen molar-refractivity contribution in [3.05, 3.63) is 23.3 Å². The normalized spacial score (nSPS) is 19.1. The van der Waals surface area contributed by atoms with Crippen LogP contribution in [0.4, 0.5) is 0 Å². The molecule has 0 radical (unpaired) electrons. The Hall–Kier alpha value is -1.26. The molecule has 0 amide bonds. The smallest absolute Gasteiger partial charge is 0.127 e. The highest BCUT2D eigenvalue weighted by Gasteiger charge is 2.22. The van der Waals surface area contributed by atoms with Crippen LogP contribution in [0.25, 0.3) is 0 Å². The van der Waals surface area contributed by atoms with Crippen LogP contribution >= 0.6 is 0 Å². The summed E-state index contributed by atoms with van der Waals surface area (Å²) in [5, 5.41) is 3.35. The molecule has 2 rings (SSSR count). The van der Waals surface area contributed by atoms with Crippen molar-refractivity contribution in [3.63, 3.8) is 0 Å². The summed E-state index contributed by atoms with van der Waals surface area (Å²) in [6.45, 7) is 2.38. The van der Waals surface area contributed by atoms with E-state index in [0.29, 0.717) is 12.5 Å². The number of nitrogens with one attached hydrogen (secondary N) is 1. The number of benzene rings is 1. The molecule has 1 aliphatic rings. The molecular formula is C12H18N2O2. The van der Waals surface area contributed by atoms with Gasteiger partial charge in [0, 0.05) is 37.2 Å². The molecule has 0 saturated carbocycles. The van der Waals surface area contributed by atoms with Gasteiger partial charge in [0.15, 0.2) is 0 Å². The van der Waals surface area contributed by atoms with E-state index in [2.05, 4.69) is 11.4 Å². The van der Waals surface area contributed by atoms with Gasteiger partial charge in [0.25, 0.3) is 0 Å². The first-order chi connectivity index (χ1) is 7.80. The van der Waals surface area contributed by atoms with Gasteiger partial charge in [-0.25, -0.2) is 0 Å². The molecule has 1 aromatic carbocycles. The van der Waals surface area contributed by atoms with Crippen LogP contribution in [0.5, 0.6) is 11.5 Å². The summed E-state index contributed by atoms with van der Waals surface area (Å²) in [5.74, 6) is 2.05. The van der Waals surface area contributed by atoms with Crippen LogP contribution in [-0.4, -0.2) is 27.3 Å². The monoisotopic (exact) mass is 222 g/mol. The SMILES string of the molecule is COc1cc(OC)c2c(c1)C(CN)CNC2. The molecule has 0 bridgehead atoms. The van der Waals surface area contributed by atoms with E-state index in [4.69, 9.17) is 15.2 Å². The maximum absolute atomic E-state index is 5.78. The summed E-state index contributed by atoms with van der Waals surface area (Å²) < 4.78 is 10.7. The summed E-state index contributed by atoms with van der Waals surface area (Å²) in [7, 11) is 3.35. The summed E-state index contributed by atoms with van der Waals surface area (Å²) in [6, 6.07) is 3.98. The minimum atomic E-state index is 0.341. The standard InChI is InChI=1S/C12H18N2O2/c1-15-9-3-10-8(5-13)6-14-7-11(10)12(4-9)16-2/h3-4,8,14H,5-7,13H2,1-2H3. The lowest BCUT2D eigenvalue weighted by Crippen LogP contribution is -2.32. The Morgan fingerprint density at radius 3 is 2.81 bits per heavy atom. The van der Waals surface area contributed by atoms with Crippen molar-refractivity contribution in [2.24, 2.45) is 5.73 Å². The summed E-state index contributed by atoms with van der Waals surface area (Å²) in [5.41, 5.74) is 8.23. The average molecular weight is 222 g/mol. The average Bonchev–Trinajstić information content (AvgIpc) is 2.36. The molecule has 0 fully saturated rings. The lowest BCUT2D eigenvalue weighted by atomic mass is 9.90. The van der Waals surface area contributed by atoms with Crippen LogP contribution < -0.4 is 20.5 Å². The van der Waals surface area contributed by atoms with E-state index in [1.54, 1.807) is 14.2 Å². The van der Waals surface area contributed by atoms with E-state index >= 15 is 0 Å². The van der Waals surface area contributed by atoms with Crippen molar-refractivity contribution in [1.29, 1.82) is 0 Å². The van der Waals surface area contributed by atoms with Gasteiger partial charge in [0.1, 0.15) is 11.5 Å². The fourth-order valence-corrected chi connectivity index (χ4v) is 2.19. The first kappa shape index (κ1) is 11.2. The van der Waals surface area contributed by atoms with Gasteiger partial charge in [-0.05, 0) is 11.6 Å². The van der Waals surface area contributed by atoms with Crippen LogP contribution in [0.15, 0.2) is 12.1 Å². The van der Waals surface area contributed by atoms with E-state index in [1.165, 1.54) is 11.1 Å². The zero-order chi connectivity index (χ0) is 11.5. The van der Waals surface area contributed by atoms with Gasteiger partial charge in [0.2, 0.25) is 0 Å². The molecule has 3 N–H and O–H groups in total. The molecule has 1 atom stereocenters. The third-order valence-corrected chi connectivity index (χ3v) is 3.09. The quantitative estimate of drug-likeness (QED) is 0.796. The molecule has 0 aromatic heterocycles. The van der Waals surface area contributed by atoms with Crippen LogP contribution in [0.1, 0.15) is 17.0 Å². The van der Waals surface area contributed by atoms with Gasteiger partial charge >= 0.3 is 0 Å². The lowest BCUT2D eigenvalue weighted by molar-refractivity contribution is 0.383. The number of rotatable bonds is 3. The van der Waals surface area contributed by atoms with Crippen molar-refractivity contribution >= 4 is 0 Å². The second-order valence-electron chi connectivity index (χ2n) is 3.96. The Kier molecular flexibility index (Phi) is 3.31. The predicted octanol–water partition coefficient (Wildman–Crippen LogP) is 0.849. The topological polar surface area (TPSA) is 56.5 Å². The lowest BCUT2D eigenvalue weighted by Gasteiger charge is -2.27. The molecule has 1 aliphatic heterocycles. The number of ether oxygens (including phenoxy) is 2. The van der Waals surface area contributed by atoms with Crippen molar-refractivity contribution in [3.8, 4) is 11.5 Å². The van der Waals surface area contributed by atoms with E-state index in [-0.39, 0.29) is 0 Å². The molecule has 88 valence electrons. The van der Waals surface area contributed by atoms with Crippen LogP contribution in [-0.2, 0) is 6.54 Å². The van der Waals surface area contributed by atoms with E-state index in [0.717, 1.165) is 24.6 Å². The Morgan fingerprint density at radius 1 is 1.38 bits per heavy atom. The molecule has 0 aliphatic carbocycles. The Labute approximate surface area is 95.7 Å². The number of methoxy groups -OCH3 is 2. The van der Waals surface area contributed by atoms with Gasteiger partial charge in [-0.3, -0.25) is 0 Å². The molecular weight excluding hydrogens is 204 g/mol. The van der Waals surface area contributed by atoms with Crippen molar-refractivity contribution in [2.45, 2.75) is 12.5 Å². The zero-order valence-electron chi connectivity index (χ0n) is 9.75. The minimum absolute atomic E-state index is 0.341. The Balaban J connectivity index is 2.50. The molecule has 0 saturated heterocycles. The van der Waals surface area contributed by atoms with E-state index in [1.807, 2.05) is 6.07 Å². The van der Waals surface area contributed by atoms with E-state index < -0.39 is 0 Å². The largest absolute Gasteiger partial charge is 0.497 e. The van der Waals surface area contributed by atoms with Gasteiger partial charge in [-0.15, -0.1) is 0 Å². The minimum Gasteiger partial charge on any atom is -0.497 e. The van der Waals surface area contributed by atoms with Crippen molar-refractivity contribution in [2.75, 3.05) is 27.3 Å². The van der Waals surface area contributed by atoms with Crippen molar-refractivity contribution < 1.29 is 9.47 Å². The third kappa shape index (κ3) is 1.86. The molecule has 1 aromatic rings. The number of hydrogen-bond acceptors (Lipinski definition) is 4. The summed E-state index contributed by atoms with van der Waals surface area (Å²) >= 11 is 0. The van der Waals surface area contributed by atoms with Crippen LogP contribution in [0, 0.1) is 0 Å². The molecule has 1 heterocycles. The van der Waals surface area contributed by atoms with Gasteiger partial charge in [-0.2, -0.15) is 0 Å². The van der Waals surface area contributed by atoms with Gasteiger partial charge < -0.3 is 20.5 Å². The van der Waals surface area contributed by atoms with Crippen LogP contribution in [0.3, 0.4) is 0 Å². The molecule has 0 spiro atoms. The highest BCUT2D eigenvalue weighted by Crippen LogP contribution is 2.34. The second-order valence-corrected chi connectivity index (χ2v) is 3.96. The Bertz CT molecular complexity index is 380. The Morgan fingerprint density at radius 2 is 2.19 bits per heavy atom. The van der Waals surface area contributed by atoms with E-state index in [9.17, 15) is 0 Å². The zero-order valence-corrected chi connectivity index (χ0v) is 9.75. The maximum atomic E-state index is 5.78. The molecule has 1 unspecified atom stereocenters. The number of hydrogen-bond donors (Lipinski definition) is 2. The van der Waals surface area contributed by atoms with Gasteiger partial charge in [-0.1, -0.05) is 0 Å². The maximum Gasteiger partial charge on any atom is 0.127 e. The van der Waals surface area contributed by atoms with Crippen molar-refractivity contribution in [1.82, 2.24) is 5.32 Å². The molecule has 4 heteroatoms. The number of nitrogens with two attached hydrogens (primary N) is 1. The fourth-order valence-electron chi connectivity index (χ4n) is 2.19. The predicted molar refractivity (Wildman–Crippen MR) is 63.0 cm³/mol. The first-order valence-electron chi connectivity index (χ1n) is 5.45. The summed E-state index contributed by atoms with van der Waals surface area (Å²) in [4.78, 5) is 0. The molecule has 16 heavy (non-hydrogen) atoms. The fraction of sp³-hybridized carbons (Fsp3) is 0.500. The summed E-state index contributed by atoms with van der Waals surface area (Å²) in [6.07, 6.45) is 0. The molecule has 4 nitrogen and oxygen atoms in total. The van der Waals surface area contributed by atoms with Crippen LogP contribution in [0.2, 0.25) is 0 Å². The van der Waals surface area contributed by atoms with Gasteiger partial charge in [0.05, 0.1) is 14.2 Å². The third-order valence-electron chi connectivity index (χ3n) is 3.09. The highest BCUT2D eigenvalue weighted by molar-refractivity contribution is 5.49. The first-order valence-corrected chi connectivity index (χ1v) is 5.45. The number of fused-ring (bicyclic) bond motifs is 1.